The fraction of sp³-hybridized carbons (Fsp3) is 0.143. The fourth-order valence-electron chi connectivity index (χ4n) is 2.16. The Hall–Kier alpha value is -3.70. The van der Waals surface area contributed by atoms with Crippen LogP contribution in [-0.4, -0.2) is 19.6 Å². The Morgan fingerprint density at radius 3 is 2.58 bits per heavy atom. The van der Waals surface area contributed by atoms with Crippen LogP contribution < -0.4 is 14.8 Å². The number of methoxy groups -OCH3 is 1. The number of amides is 1. The van der Waals surface area contributed by atoms with E-state index in [-0.39, 0.29) is 12.2 Å². The third kappa shape index (κ3) is 4.90. The van der Waals surface area contributed by atoms with Crippen LogP contribution in [0.3, 0.4) is 0 Å². The summed E-state index contributed by atoms with van der Waals surface area (Å²) in [6.07, 6.45) is 6.66. The van der Waals surface area contributed by atoms with Gasteiger partial charge in [-0.1, -0.05) is 29.7 Å². The fourth-order valence-corrected chi connectivity index (χ4v) is 2.16. The molecule has 0 aromatic heterocycles. The van der Waals surface area contributed by atoms with Gasteiger partial charge < -0.3 is 14.8 Å². The molecular formula is C21H18N2O3. The Morgan fingerprint density at radius 1 is 1.23 bits per heavy atom. The highest BCUT2D eigenvalue weighted by Gasteiger charge is 2.11. The van der Waals surface area contributed by atoms with E-state index in [1.54, 1.807) is 30.3 Å². The van der Waals surface area contributed by atoms with E-state index in [1.165, 1.54) is 13.2 Å². The third-order valence-electron chi connectivity index (χ3n) is 3.48. The number of hydrogen-bond donors (Lipinski definition) is 1. The Kier molecular flexibility index (Phi) is 6.42. The molecule has 0 spiro atoms. The average Bonchev–Trinajstić information content (AvgIpc) is 2.66. The number of terminal acetylenes is 1. The van der Waals surface area contributed by atoms with Gasteiger partial charge in [-0.05, 0) is 42.8 Å². The summed E-state index contributed by atoms with van der Waals surface area (Å²) in [6.45, 7) is 2.07. The number of benzene rings is 2. The smallest absolute Gasteiger partial charge is 0.266 e. The number of carbonyl (C=O) groups excluding carboxylic acids is 1. The van der Waals surface area contributed by atoms with Crippen molar-refractivity contribution in [3.05, 3.63) is 59.2 Å². The topological polar surface area (TPSA) is 71.3 Å². The number of nitrogens with one attached hydrogen (secondary N) is 1. The van der Waals surface area contributed by atoms with Crippen molar-refractivity contribution in [1.29, 1.82) is 5.26 Å². The predicted molar refractivity (Wildman–Crippen MR) is 101 cm³/mol. The van der Waals surface area contributed by atoms with E-state index in [9.17, 15) is 10.1 Å². The highest BCUT2D eigenvalue weighted by atomic mass is 16.5. The molecule has 0 fully saturated rings. The highest BCUT2D eigenvalue weighted by molar-refractivity contribution is 6.09. The van der Waals surface area contributed by atoms with Gasteiger partial charge >= 0.3 is 0 Å². The van der Waals surface area contributed by atoms with Crippen LogP contribution in [0.2, 0.25) is 0 Å². The van der Waals surface area contributed by atoms with Gasteiger partial charge in [-0.15, -0.1) is 6.42 Å². The van der Waals surface area contributed by atoms with Gasteiger partial charge in [0.15, 0.2) is 11.5 Å². The van der Waals surface area contributed by atoms with Crippen molar-refractivity contribution in [1.82, 2.24) is 0 Å². The molecule has 2 aromatic carbocycles. The summed E-state index contributed by atoms with van der Waals surface area (Å²) in [7, 11) is 1.50. The van der Waals surface area contributed by atoms with Crippen molar-refractivity contribution in [2.24, 2.45) is 0 Å². The quantitative estimate of drug-likeness (QED) is 0.493. The van der Waals surface area contributed by atoms with Crippen molar-refractivity contribution in [2.45, 2.75) is 6.92 Å². The van der Waals surface area contributed by atoms with Crippen molar-refractivity contribution in [3.8, 4) is 29.9 Å². The molecule has 0 saturated carbocycles. The molecule has 0 saturated heterocycles. The molecule has 26 heavy (non-hydrogen) atoms. The summed E-state index contributed by atoms with van der Waals surface area (Å²) in [4.78, 5) is 12.3. The number of nitriles is 1. The van der Waals surface area contributed by atoms with E-state index >= 15 is 0 Å². The summed E-state index contributed by atoms with van der Waals surface area (Å²) >= 11 is 0. The van der Waals surface area contributed by atoms with Crippen molar-refractivity contribution in [3.63, 3.8) is 0 Å². The SMILES string of the molecule is C#CCOc1ccc(/C=C(\C#N)C(=O)Nc2ccc(C)cc2)cc1OC. The molecule has 130 valence electrons. The van der Waals surface area contributed by atoms with E-state index in [1.807, 2.05) is 25.1 Å². The van der Waals surface area contributed by atoms with Crippen LogP contribution in [0.15, 0.2) is 48.0 Å². The second-order valence-electron chi connectivity index (χ2n) is 5.39. The lowest BCUT2D eigenvalue weighted by Gasteiger charge is -2.09. The average molecular weight is 346 g/mol. The third-order valence-corrected chi connectivity index (χ3v) is 3.48. The number of ether oxygens (including phenoxy) is 2. The lowest BCUT2D eigenvalue weighted by molar-refractivity contribution is -0.112. The Labute approximate surface area is 152 Å². The molecule has 5 heteroatoms. The zero-order valence-corrected chi connectivity index (χ0v) is 14.6. The van der Waals surface area contributed by atoms with E-state index in [0.29, 0.717) is 22.7 Å². The van der Waals surface area contributed by atoms with Crippen LogP contribution in [0.5, 0.6) is 11.5 Å². The predicted octanol–water partition coefficient (Wildman–Crippen LogP) is 3.56. The molecule has 2 rings (SSSR count). The molecule has 0 aliphatic carbocycles. The van der Waals surface area contributed by atoms with Gasteiger partial charge in [0.2, 0.25) is 0 Å². The Balaban J connectivity index is 2.22. The molecule has 2 aromatic rings. The minimum Gasteiger partial charge on any atom is -0.493 e. The van der Waals surface area contributed by atoms with E-state index in [4.69, 9.17) is 15.9 Å². The number of hydrogen-bond acceptors (Lipinski definition) is 4. The maximum Gasteiger partial charge on any atom is 0.266 e. The first kappa shape index (κ1) is 18.6. The molecular weight excluding hydrogens is 328 g/mol. The molecule has 0 aliphatic heterocycles. The second kappa shape index (κ2) is 8.96. The van der Waals surface area contributed by atoms with Crippen LogP contribution in [0.1, 0.15) is 11.1 Å². The van der Waals surface area contributed by atoms with Gasteiger partial charge in [0.25, 0.3) is 5.91 Å². The summed E-state index contributed by atoms with van der Waals surface area (Å²) in [5.74, 6) is 2.85. The monoisotopic (exact) mass is 346 g/mol. The number of nitrogens with zero attached hydrogens (tertiary/aromatic N) is 1. The standard InChI is InChI=1S/C21H18N2O3/c1-4-11-26-19-10-7-16(13-20(19)25-3)12-17(14-22)21(24)23-18-8-5-15(2)6-9-18/h1,5-10,12-13H,11H2,2-3H3,(H,23,24)/b17-12+. The minimum atomic E-state index is -0.483. The van der Waals surface area contributed by atoms with Crippen LogP contribution >= 0.6 is 0 Å². The van der Waals surface area contributed by atoms with Crippen molar-refractivity contribution in [2.75, 3.05) is 19.0 Å². The molecule has 0 heterocycles. The maximum atomic E-state index is 12.3. The molecule has 5 nitrogen and oxygen atoms in total. The first-order valence-electron chi connectivity index (χ1n) is 7.81. The van der Waals surface area contributed by atoms with Gasteiger partial charge in [-0.3, -0.25) is 4.79 Å². The first-order valence-corrected chi connectivity index (χ1v) is 7.81. The maximum absolute atomic E-state index is 12.3. The number of carbonyl (C=O) groups is 1. The lowest BCUT2D eigenvalue weighted by atomic mass is 10.1. The highest BCUT2D eigenvalue weighted by Crippen LogP contribution is 2.29. The minimum absolute atomic E-state index is 0.0232. The Morgan fingerprint density at radius 2 is 1.96 bits per heavy atom. The zero-order chi connectivity index (χ0) is 18.9. The van der Waals surface area contributed by atoms with Gasteiger partial charge in [0.1, 0.15) is 18.2 Å². The molecule has 0 atom stereocenters. The van der Waals surface area contributed by atoms with E-state index in [0.717, 1.165) is 5.56 Å². The second-order valence-corrected chi connectivity index (χ2v) is 5.39. The van der Waals surface area contributed by atoms with Gasteiger partial charge in [-0.25, -0.2) is 0 Å². The summed E-state index contributed by atoms with van der Waals surface area (Å²) < 4.78 is 10.6. The van der Waals surface area contributed by atoms with E-state index < -0.39 is 5.91 Å². The normalized spacial score (nSPS) is 10.4. The number of anilines is 1. The van der Waals surface area contributed by atoms with Crippen molar-refractivity contribution >= 4 is 17.7 Å². The van der Waals surface area contributed by atoms with Gasteiger partial charge in [0, 0.05) is 5.69 Å². The van der Waals surface area contributed by atoms with Gasteiger partial charge in [-0.2, -0.15) is 5.26 Å². The summed E-state index contributed by atoms with van der Waals surface area (Å²) in [6, 6.07) is 14.3. The summed E-state index contributed by atoms with van der Waals surface area (Å²) in [5.41, 5.74) is 2.31. The lowest BCUT2D eigenvalue weighted by Crippen LogP contribution is -2.13. The molecule has 0 unspecified atom stereocenters. The van der Waals surface area contributed by atoms with Crippen LogP contribution in [0.4, 0.5) is 5.69 Å². The summed E-state index contributed by atoms with van der Waals surface area (Å²) in [5, 5.41) is 12.0. The van der Waals surface area contributed by atoms with Crippen LogP contribution in [0.25, 0.3) is 6.08 Å². The van der Waals surface area contributed by atoms with Crippen molar-refractivity contribution < 1.29 is 14.3 Å². The largest absolute Gasteiger partial charge is 0.493 e. The zero-order valence-electron chi connectivity index (χ0n) is 14.6. The van der Waals surface area contributed by atoms with Crippen LogP contribution in [0, 0.1) is 30.6 Å². The number of aryl methyl sites for hydroxylation is 1. The first-order chi connectivity index (χ1) is 12.6. The molecule has 0 radical (unpaired) electrons. The molecule has 0 bridgehead atoms. The molecule has 1 amide bonds. The Bertz CT molecular complexity index is 900. The van der Waals surface area contributed by atoms with Gasteiger partial charge in [0.05, 0.1) is 7.11 Å². The van der Waals surface area contributed by atoms with Crippen LogP contribution in [-0.2, 0) is 4.79 Å². The van der Waals surface area contributed by atoms with E-state index in [2.05, 4.69) is 11.2 Å². The molecule has 0 aliphatic rings. The molecule has 1 N–H and O–H groups in total. The number of rotatable bonds is 6.